The molecule has 0 radical (unpaired) electrons. The molecule has 2 aromatic rings. The highest BCUT2D eigenvalue weighted by Gasteiger charge is 2.27. The largest absolute Gasteiger partial charge is 0.280 e. The first-order valence-corrected chi connectivity index (χ1v) is 7.64. The lowest BCUT2D eigenvalue weighted by molar-refractivity contribution is -0.384. The van der Waals surface area contributed by atoms with Crippen LogP contribution in [0.4, 0.5) is 11.4 Å². The van der Waals surface area contributed by atoms with Gasteiger partial charge < -0.3 is 0 Å². The number of hydrogen-bond donors (Lipinski definition) is 0. The summed E-state index contributed by atoms with van der Waals surface area (Å²) >= 11 is 0. The number of hydrogen-bond acceptors (Lipinski definition) is 4. The zero-order chi connectivity index (χ0) is 17.8. The van der Waals surface area contributed by atoms with Crippen LogP contribution >= 0.6 is 0 Å². The molecule has 0 saturated heterocycles. The average Bonchev–Trinajstić information content (AvgIpc) is 2.91. The Hall–Kier alpha value is -3.54. The van der Waals surface area contributed by atoms with Crippen molar-refractivity contribution in [3.05, 3.63) is 88.0 Å². The Bertz CT molecular complexity index is 915. The molecule has 0 saturated carbocycles. The Labute approximate surface area is 144 Å². The van der Waals surface area contributed by atoms with Crippen molar-refractivity contribution < 1.29 is 9.72 Å². The predicted molar refractivity (Wildman–Crippen MR) is 97.3 cm³/mol. The van der Waals surface area contributed by atoms with E-state index >= 15 is 0 Å². The number of non-ortho nitro benzene ring substituents is 1. The maximum absolute atomic E-state index is 12.5. The van der Waals surface area contributed by atoms with Gasteiger partial charge in [-0.3, -0.25) is 14.9 Å². The number of benzene rings is 2. The third-order valence-electron chi connectivity index (χ3n) is 3.70. The summed E-state index contributed by atoms with van der Waals surface area (Å²) in [6, 6.07) is 15.5. The maximum Gasteiger partial charge on any atom is 0.280 e. The molecule has 0 unspecified atom stereocenters. The van der Waals surface area contributed by atoms with Gasteiger partial charge in [-0.15, -0.1) is 0 Å². The minimum absolute atomic E-state index is 0.0275. The van der Waals surface area contributed by atoms with E-state index < -0.39 is 4.92 Å². The van der Waals surface area contributed by atoms with E-state index in [2.05, 4.69) is 5.10 Å². The number of allylic oxidation sites excluding steroid dienone is 2. The molecule has 0 N–H and O–H groups in total. The van der Waals surface area contributed by atoms with Crippen LogP contribution in [0.1, 0.15) is 12.5 Å². The molecule has 0 atom stereocenters. The van der Waals surface area contributed by atoms with E-state index in [0.717, 1.165) is 0 Å². The van der Waals surface area contributed by atoms with Crippen LogP contribution < -0.4 is 5.01 Å². The van der Waals surface area contributed by atoms with Gasteiger partial charge in [0.25, 0.3) is 11.6 Å². The first-order valence-electron chi connectivity index (χ1n) is 7.64. The number of para-hydroxylation sites is 1. The normalized spacial score (nSPS) is 15.9. The molecule has 1 aliphatic heterocycles. The third-order valence-corrected chi connectivity index (χ3v) is 3.70. The van der Waals surface area contributed by atoms with Crippen molar-refractivity contribution in [2.75, 3.05) is 5.01 Å². The molecule has 0 fully saturated rings. The van der Waals surface area contributed by atoms with Crippen molar-refractivity contribution in [1.82, 2.24) is 0 Å². The van der Waals surface area contributed by atoms with Gasteiger partial charge in [-0.05, 0) is 30.7 Å². The molecule has 3 rings (SSSR count). The number of rotatable bonds is 4. The summed E-state index contributed by atoms with van der Waals surface area (Å²) in [6.07, 6.45) is 5.08. The number of hydrazone groups is 1. The van der Waals surface area contributed by atoms with Crippen molar-refractivity contribution in [2.24, 2.45) is 5.10 Å². The van der Waals surface area contributed by atoms with Crippen LogP contribution in [0.15, 0.2) is 77.4 Å². The minimum Gasteiger partial charge on any atom is -0.267 e. The zero-order valence-electron chi connectivity index (χ0n) is 13.5. The summed E-state index contributed by atoms with van der Waals surface area (Å²) in [5.74, 6) is -0.201. The Morgan fingerprint density at radius 2 is 1.88 bits per heavy atom. The lowest BCUT2D eigenvalue weighted by atomic mass is 10.1. The van der Waals surface area contributed by atoms with Crippen molar-refractivity contribution in [1.29, 1.82) is 0 Å². The van der Waals surface area contributed by atoms with Gasteiger partial charge in [0.2, 0.25) is 0 Å². The molecule has 25 heavy (non-hydrogen) atoms. The molecule has 1 amide bonds. The minimum atomic E-state index is -0.440. The number of anilines is 1. The van der Waals surface area contributed by atoms with Gasteiger partial charge in [0.1, 0.15) is 0 Å². The number of nitro groups is 1. The topological polar surface area (TPSA) is 75.8 Å². The van der Waals surface area contributed by atoms with Crippen molar-refractivity contribution in [3.63, 3.8) is 0 Å². The molecule has 0 aromatic heterocycles. The Morgan fingerprint density at radius 1 is 1.12 bits per heavy atom. The van der Waals surface area contributed by atoms with Gasteiger partial charge in [-0.1, -0.05) is 42.5 Å². The zero-order valence-corrected chi connectivity index (χ0v) is 13.5. The third kappa shape index (κ3) is 3.53. The van der Waals surface area contributed by atoms with E-state index in [1.165, 1.54) is 17.1 Å². The molecule has 124 valence electrons. The first-order chi connectivity index (χ1) is 12.1. The Kier molecular flexibility index (Phi) is 4.52. The first kappa shape index (κ1) is 16.3. The Morgan fingerprint density at radius 3 is 2.60 bits per heavy atom. The van der Waals surface area contributed by atoms with Gasteiger partial charge in [0.05, 0.1) is 21.9 Å². The summed E-state index contributed by atoms with van der Waals surface area (Å²) in [6.45, 7) is 1.77. The highest BCUT2D eigenvalue weighted by molar-refractivity contribution is 6.29. The second-order valence-electron chi connectivity index (χ2n) is 5.43. The second kappa shape index (κ2) is 6.92. The molecule has 0 spiro atoms. The van der Waals surface area contributed by atoms with E-state index in [-0.39, 0.29) is 11.6 Å². The summed E-state index contributed by atoms with van der Waals surface area (Å²) < 4.78 is 0. The number of nitro benzene ring substituents is 1. The molecule has 2 aromatic carbocycles. The SMILES string of the molecule is CC1=NN(c2ccccc2)C(=O)/C1=C\C=C\c1cccc([N+](=O)[O-])c1. The molecule has 0 bridgehead atoms. The monoisotopic (exact) mass is 333 g/mol. The lowest BCUT2D eigenvalue weighted by Gasteiger charge is -2.10. The van der Waals surface area contributed by atoms with E-state index in [9.17, 15) is 14.9 Å². The van der Waals surface area contributed by atoms with Gasteiger partial charge in [0, 0.05) is 12.1 Å². The summed E-state index contributed by atoms with van der Waals surface area (Å²) in [5.41, 5.74) is 2.53. The van der Waals surface area contributed by atoms with Crippen molar-refractivity contribution >= 4 is 29.1 Å². The fourth-order valence-electron chi connectivity index (χ4n) is 2.45. The van der Waals surface area contributed by atoms with Gasteiger partial charge in [-0.2, -0.15) is 10.1 Å². The highest BCUT2D eigenvalue weighted by atomic mass is 16.6. The van der Waals surface area contributed by atoms with Crippen LogP contribution in [0.3, 0.4) is 0 Å². The standard InChI is InChI=1S/C19H15N3O3/c1-14-18(19(23)21(20-14)16-9-3-2-4-10-16)12-6-8-15-7-5-11-17(13-15)22(24)25/h2-13H,1H3/b8-6+,18-12-. The summed E-state index contributed by atoms with van der Waals surface area (Å²) in [7, 11) is 0. The summed E-state index contributed by atoms with van der Waals surface area (Å²) in [4.78, 5) is 22.9. The molecule has 1 heterocycles. The number of amides is 1. The summed E-state index contributed by atoms with van der Waals surface area (Å²) in [5, 5.41) is 16.5. The van der Waals surface area contributed by atoms with E-state index in [1.807, 2.05) is 30.3 Å². The van der Waals surface area contributed by atoms with Crippen molar-refractivity contribution in [3.8, 4) is 0 Å². The Balaban J connectivity index is 1.80. The number of carbonyl (C=O) groups is 1. The van der Waals surface area contributed by atoms with Gasteiger partial charge in [0.15, 0.2) is 0 Å². The molecule has 0 aliphatic carbocycles. The van der Waals surface area contributed by atoms with E-state index in [0.29, 0.717) is 22.5 Å². The number of carbonyl (C=O) groups excluding carboxylic acids is 1. The lowest BCUT2D eigenvalue weighted by Crippen LogP contribution is -2.21. The number of nitrogens with zero attached hydrogens (tertiary/aromatic N) is 3. The van der Waals surface area contributed by atoms with Gasteiger partial charge in [-0.25, -0.2) is 0 Å². The molecule has 6 heteroatoms. The smallest absolute Gasteiger partial charge is 0.267 e. The average molecular weight is 333 g/mol. The van der Waals surface area contributed by atoms with Crippen LogP contribution in [0.2, 0.25) is 0 Å². The molecular formula is C19H15N3O3. The fourth-order valence-corrected chi connectivity index (χ4v) is 2.45. The van der Waals surface area contributed by atoms with Gasteiger partial charge >= 0.3 is 0 Å². The van der Waals surface area contributed by atoms with E-state index in [4.69, 9.17) is 0 Å². The molecule has 1 aliphatic rings. The second-order valence-corrected chi connectivity index (χ2v) is 5.43. The molecular weight excluding hydrogens is 318 g/mol. The van der Waals surface area contributed by atoms with Crippen LogP contribution in [0, 0.1) is 10.1 Å². The van der Waals surface area contributed by atoms with Crippen LogP contribution in [-0.4, -0.2) is 16.5 Å². The van der Waals surface area contributed by atoms with Crippen LogP contribution in [-0.2, 0) is 4.79 Å². The maximum atomic E-state index is 12.5. The fraction of sp³-hybridized carbons (Fsp3) is 0.0526. The van der Waals surface area contributed by atoms with Crippen molar-refractivity contribution in [2.45, 2.75) is 6.92 Å². The molecule has 6 nitrogen and oxygen atoms in total. The van der Waals surface area contributed by atoms with E-state index in [1.54, 1.807) is 37.3 Å². The highest BCUT2D eigenvalue weighted by Crippen LogP contribution is 2.23. The van der Waals surface area contributed by atoms with Crippen LogP contribution in [0.5, 0.6) is 0 Å². The quantitative estimate of drug-likeness (QED) is 0.483. The van der Waals surface area contributed by atoms with Crippen LogP contribution in [0.25, 0.3) is 6.08 Å². The predicted octanol–water partition coefficient (Wildman–Crippen LogP) is 3.96.